The highest BCUT2D eigenvalue weighted by Crippen LogP contribution is 2.43. The SMILES string of the molecule is CC(C)(C)c1cc(Cc2cc(Cc3cc(Cc4cc(Br)c(O)c(C(C)(C)C)c4)cc(C(C)(C)C)c3O)c(O)c(C(C)(C)C)c2)cc(Br)c1O. The molecule has 49 heavy (non-hydrogen) atoms. The highest BCUT2D eigenvalue weighted by Gasteiger charge is 2.27. The lowest BCUT2D eigenvalue weighted by Crippen LogP contribution is -2.15. The largest absolute Gasteiger partial charge is 0.507 e. The Labute approximate surface area is 310 Å². The molecule has 0 atom stereocenters. The lowest BCUT2D eigenvalue weighted by Gasteiger charge is -2.26. The summed E-state index contributed by atoms with van der Waals surface area (Å²) in [5, 5.41) is 45.1. The molecule has 0 aromatic heterocycles. The van der Waals surface area contributed by atoms with Crippen LogP contribution < -0.4 is 0 Å². The Balaban J connectivity index is 1.85. The quantitative estimate of drug-likeness (QED) is 0.157. The molecular formula is C43H54Br2O4. The first-order chi connectivity index (χ1) is 22.3. The van der Waals surface area contributed by atoms with Crippen LogP contribution in [0.25, 0.3) is 0 Å². The molecule has 0 heterocycles. The fourth-order valence-corrected chi connectivity index (χ4v) is 7.49. The zero-order chi connectivity index (χ0) is 37.0. The number of aromatic hydroxyl groups is 4. The van der Waals surface area contributed by atoms with Crippen LogP contribution >= 0.6 is 31.9 Å². The third kappa shape index (κ3) is 8.86. The molecule has 4 aromatic carbocycles. The molecule has 0 aliphatic carbocycles. The van der Waals surface area contributed by atoms with Gasteiger partial charge in [0.1, 0.15) is 23.0 Å². The van der Waals surface area contributed by atoms with Gasteiger partial charge in [0.15, 0.2) is 0 Å². The topological polar surface area (TPSA) is 80.9 Å². The zero-order valence-corrected chi connectivity index (χ0v) is 34.5. The van der Waals surface area contributed by atoms with Gasteiger partial charge >= 0.3 is 0 Å². The third-order valence-corrected chi connectivity index (χ3v) is 10.4. The second-order valence-corrected chi connectivity index (χ2v) is 19.5. The minimum absolute atomic E-state index is 0.239. The number of hydrogen-bond acceptors (Lipinski definition) is 4. The first-order valence-corrected chi connectivity index (χ1v) is 18.6. The number of halogens is 2. The molecule has 0 saturated carbocycles. The highest BCUT2D eigenvalue weighted by molar-refractivity contribution is 9.10. The van der Waals surface area contributed by atoms with Crippen LogP contribution in [0, 0.1) is 0 Å². The molecule has 4 aromatic rings. The van der Waals surface area contributed by atoms with Gasteiger partial charge in [0, 0.05) is 17.5 Å². The molecule has 264 valence electrons. The molecule has 4 N–H and O–H groups in total. The van der Waals surface area contributed by atoms with Gasteiger partial charge in [-0.2, -0.15) is 0 Å². The van der Waals surface area contributed by atoms with E-state index in [9.17, 15) is 20.4 Å². The lowest BCUT2D eigenvalue weighted by molar-refractivity contribution is 0.435. The zero-order valence-electron chi connectivity index (χ0n) is 31.3. The van der Waals surface area contributed by atoms with Gasteiger partial charge in [-0.1, -0.05) is 119 Å². The molecule has 4 nitrogen and oxygen atoms in total. The van der Waals surface area contributed by atoms with Gasteiger partial charge in [-0.15, -0.1) is 0 Å². The average Bonchev–Trinajstić information content (AvgIpc) is 2.93. The molecule has 0 bridgehead atoms. The third-order valence-electron chi connectivity index (χ3n) is 9.17. The maximum absolute atomic E-state index is 11.7. The lowest BCUT2D eigenvalue weighted by atomic mass is 9.80. The van der Waals surface area contributed by atoms with Crippen molar-refractivity contribution < 1.29 is 20.4 Å². The van der Waals surface area contributed by atoms with E-state index in [2.05, 4.69) is 151 Å². The van der Waals surface area contributed by atoms with E-state index in [1.54, 1.807) is 0 Å². The summed E-state index contributed by atoms with van der Waals surface area (Å²) in [7, 11) is 0. The van der Waals surface area contributed by atoms with Crippen LogP contribution in [-0.4, -0.2) is 20.4 Å². The van der Waals surface area contributed by atoms with Crippen molar-refractivity contribution in [3.8, 4) is 23.0 Å². The van der Waals surface area contributed by atoms with E-state index < -0.39 is 0 Å². The van der Waals surface area contributed by atoms with Crippen LogP contribution in [-0.2, 0) is 40.9 Å². The van der Waals surface area contributed by atoms with Gasteiger partial charge in [0.25, 0.3) is 0 Å². The van der Waals surface area contributed by atoms with Gasteiger partial charge < -0.3 is 20.4 Å². The molecule has 4 rings (SSSR count). The number of phenolic OH excluding ortho intramolecular Hbond substituents is 4. The smallest absolute Gasteiger partial charge is 0.133 e. The molecule has 0 aliphatic rings. The van der Waals surface area contributed by atoms with Crippen molar-refractivity contribution in [2.75, 3.05) is 0 Å². The Morgan fingerprint density at radius 1 is 0.367 bits per heavy atom. The Bertz CT molecular complexity index is 1740. The monoisotopic (exact) mass is 792 g/mol. The summed E-state index contributed by atoms with van der Waals surface area (Å²) in [6.07, 6.45) is 1.58. The summed E-state index contributed by atoms with van der Waals surface area (Å²) in [5.74, 6) is 1.02. The Hall–Kier alpha value is -2.96. The Morgan fingerprint density at radius 3 is 0.878 bits per heavy atom. The van der Waals surface area contributed by atoms with Crippen molar-refractivity contribution in [1.29, 1.82) is 0 Å². The van der Waals surface area contributed by atoms with E-state index >= 15 is 0 Å². The molecule has 6 heteroatoms. The summed E-state index contributed by atoms with van der Waals surface area (Å²) < 4.78 is 1.33. The summed E-state index contributed by atoms with van der Waals surface area (Å²) in [6, 6.07) is 16.3. The molecule has 0 spiro atoms. The van der Waals surface area contributed by atoms with Crippen molar-refractivity contribution in [2.45, 2.75) is 124 Å². The standard InChI is InChI=1S/C43H54Br2O4/c1-40(2,3)30-17-24(13-26-19-32(42(7,8)9)38(48)34(44)21-26)15-28(36(30)46)23-29-16-25(18-31(37(29)47)41(4,5)6)14-27-20-33(43(10,11)12)39(49)35(45)22-27/h15-22,46-49H,13-14,23H2,1-12H3. The van der Waals surface area contributed by atoms with E-state index in [4.69, 9.17) is 0 Å². The van der Waals surface area contributed by atoms with E-state index in [1.807, 2.05) is 12.1 Å². The molecule has 0 fully saturated rings. The van der Waals surface area contributed by atoms with Crippen LogP contribution in [0.1, 0.15) is 139 Å². The summed E-state index contributed by atoms with van der Waals surface area (Å²) >= 11 is 7.14. The highest BCUT2D eigenvalue weighted by atomic mass is 79.9. The molecule has 0 aliphatic heterocycles. The van der Waals surface area contributed by atoms with Gasteiger partial charge in [-0.3, -0.25) is 0 Å². The first-order valence-electron chi connectivity index (χ1n) is 17.0. The van der Waals surface area contributed by atoms with E-state index in [0.717, 1.165) is 55.6 Å². The fourth-order valence-electron chi connectivity index (χ4n) is 6.47. The Kier molecular flexibility index (Phi) is 10.8. The van der Waals surface area contributed by atoms with Gasteiger partial charge in [-0.05, 0) is 123 Å². The predicted molar refractivity (Wildman–Crippen MR) is 211 cm³/mol. The second kappa shape index (κ2) is 13.6. The molecular weight excluding hydrogens is 740 g/mol. The van der Waals surface area contributed by atoms with E-state index in [0.29, 0.717) is 28.2 Å². The maximum Gasteiger partial charge on any atom is 0.133 e. The van der Waals surface area contributed by atoms with Crippen molar-refractivity contribution in [2.24, 2.45) is 0 Å². The van der Waals surface area contributed by atoms with Crippen molar-refractivity contribution in [3.05, 3.63) is 113 Å². The number of hydrogen-bond donors (Lipinski definition) is 4. The van der Waals surface area contributed by atoms with Crippen molar-refractivity contribution >= 4 is 31.9 Å². The first kappa shape index (κ1) is 38.8. The number of phenols is 4. The second-order valence-electron chi connectivity index (χ2n) is 17.8. The summed E-state index contributed by atoms with van der Waals surface area (Å²) in [4.78, 5) is 0. The van der Waals surface area contributed by atoms with Gasteiger partial charge in [0.05, 0.1) is 8.95 Å². The van der Waals surface area contributed by atoms with Crippen molar-refractivity contribution in [3.63, 3.8) is 0 Å². The van der Waals surface area contributed by atoms with Crippen LogP contribution in [0.4, 0.5) is 0 Å². The van der Waals surface area contributed by atoms with Crippen LogP contribution in [0.15, 0.2) is 57.5 Å². The van der Waals surface area contributed by atoms with Gasteiger partial charge in [0.2, 0.25) is 0 Å². The van der Waals surface area contributed by atoms with Crippen LogP contribution in [0.3, 0.4) is 0 Å². The molecule has 0 unspecified atom stereocenters. The van der Waals surface area contributed by atoms with Crippen LogP contribution in [0.2, 0.25) is 0 Å². The molecule has 0 radical (unpaired) electrons. The molecule has 0 saturated heterocycles. The van der Waals surface area contributed by atoms with Crippen LogP contribution in [0.5, 0.6) is 23.0 Å². The normalized spacial score (nSPS) is 12.9. The predicted octanol–water partition coefficient (Wildman–Crippen LogP) is 12.0. The molecule has 0 amide bonds. The van der Waals surface area contributed by atoms with Crippen molar-refractivity contribution in [1.82, 2.24) is 0 Å². The summed E-state index contributed by atoms with van der Waals surface area (Å²) in [5.41, 5.74) is 8.05. The van der Waals surface area contributed by atoms with Gasteiger partial charge in [-0.25, -0.2) is 0 Å². The van der Waals surface area contributed by atoms with E-state index in [1.165, 1.54) is 0 Å². The minimum atomic E-state index is -0.321. The maximum atomic E-state index is 11.7. The van der Waals surface area contributed by atoms with E-state index in [-0.39, 0.29) is 44.7 Å². The number of benzene rings is 4. The fraction of sp³-hybridized carbons (Fsp3) is 0.442. The summed E-state index contributed by atoms with van der Waals surface area (Å²) in [6.45, 7) is 25.1. The minimum Gasteiger partial charge on any atom is -0.507 e. The number of rotatable bonds is 6. The Morgan fingerprint density at radius 2 is 0.612 bits per heavy atom. The average molecular weight is 795 g/mol.